The SMILES string of the molecule is CCC(CBr)CCOCCOCCOC. The lowest BCUT2D eigenvalue weighted by atomic mass is 10.1. The van der Waals surface area contributed by atoms with Crippen molar-refractivity contribution in [3.05, 3.63) is 0 Å². The molecule has 1 unspecified atom stereocenters. The van der Waals surface area contributed by atoms with Gasteiger partial charge in [0.25, 0.3) is 0 Å². The van der Waals surface area contributed by atoms with Crippen LogP contribution in [0.1, 0.15) is 19.8 Å². The molecule has 0 aliphatic heterocycles. The van der Waals surface area contributed by atoms with Crippen LogP contribution in [0.15, 0.2) is 0 Å². The molecule has 0 spiro atoms. The van der Waals surface area contributed by atoms with Crippen LogP contribution < -0.4 is 0 Å². The maximum atomic E-state index is 5.46. The van der Waals surface area contributed by atoms with Crippen LogP contribution in [0.5, 0.6) is 0 Å². The Hall–Kier alpha value is 0.360. The molecule has 0 amide bonds. The molecule has 0 fully saturated rings. The smallest absolute Gasteiger partial charge is 0.0701 e. The van der Waals surface area contributed by atoms with E-state index in [1.807, 2.05) is 0 Å². The number of alkyl halides is 1. The highest BCUT2D eigenvalue weighted by atomic mass is 79.9. The zero-order valence-electron chi connectivity index (χ0n) is 9.84. The van der Waals surface area contributed by atoms with Crippen LogP contribution in [0.4, 0.5) is 0 Å². The van der Waals surface area contributed by atoms with Crippen molar-refractivity contribution < 1.29 is 14.2 Å². The molecule has 92 valence electrons. The summed E-state index contributed by atoms with van der Waals surface area (Å²) in [5.74, 6) is 0.736. The third-order valence-corrected chi connectivity index (χ3v) is 3.19. The van der Waals surface area contributed by atoms with Crippen molar-refractivity contribution in [2.45, 2.75) is 19.8 Å². The van der Waals surface area contributed by atoms with E-state index >= 15 is 0 Å². The molecule has 0 N–H and O–H groups in total. The molecule has 0 aromatic rings. The number of halogens is 1. The second kappa shape index (κ2) is 12.4. The van der Waals surface area contributed by atoms with Gasteiger partial charge in [0, 0.05) is 19.0 Å². The lowest BCUT2D eigenvalue weighted by Crippen LogP contribution is -2.11. The first-order valence-corrected chi connectivity index (χ1v) is 6.67. The second-order valence-corrected chi connectivity index (χ2v) is 4.08. The predicted octanol–water partition coefficient (Wildman–Crippen LogP) is 2.48. The lowest BCUT2D eigenvalue weighted by Gasteiger charge is -2.11. The zero-order valence-corrected chi connectivity index (χ0v) is 11.4. The molecule has 0 bridgehead atoms. The van der Waals surface area contributed by atoms with E-state index in [-0.39, 0.29) is 0 Å². The van der Waals surface area contributed by atoms with Gasteiger partial charge in [0.05, 0.1) is 26.4 Å². The van der Waals surface area contributed by atoms with Crippen molar-refractivity contribution in [3.8, 4) is 0 Å². The molecule has 0 rings (SSSR count). The van der Waals surface area contributed by atoms with Gasteiger partial charge in [0.15, 0.2) is 0 Å². The first-order chi connectivity index (χ1) is 7.35. The number of hydrogen-bond acceptors (Lipinski definition) is 3. The van der Waals surface area contributed by atoms with Crippen LogP contribution in [-0.4, -0.2) is 45.5 Å². The third-order valence-electron chi connectivity index (χ3n) is 2.27. The monoisotopic (exact) mass is 282 g/mol. The van der Waals surface area contributed by atoms with Gasteiger partial charge in [0.2, 0.25) is 0 Å². The fraction of sp³-hybridized carbons (Fsp3) is 1.00. The highest BCUT2D eigenvalue weighted by Crippen LogP contribution is 2.10. The minimum Gasteiger partial charge on any atom is -0.382 e. The average Bonchev–Trinajstić information content (AvgIpc) is 2.27. The summed E-state index contributed by atoms with van der Waals surface area (Å²) >= 11 is 3.49. The van der Waals surface area contributed by atoms with Crippen molar-refractivity contribution >= 4 is 15.9 Å². The Labute approximate surface area is 102 Å². The van der Waals surface area contributed by atoms with Crippen molar-refractivity contribution in [1.82, 2.24) is 0 Å². The summed E-state index contributed by atoms with van der Waals surface area (Å²) in [6, 6.07) is 0. The molecule has 0 aromatic carbocycles. The largest absolute Gasteiger partial charge is 0.382 e. The minimum absolute atomic E-state index is 0.652. The summed E-state index contributed by atoms with van der Waals surface area (Å²) in [4.78, 5) is 0. The first kappa shape index (κ1) is 15.4. The maximum absolute atomic E-state index is 5.46. The Balaban J connectivity index is 3.04. The molecule has 0 aliphatic rings. The van der Waals surface area contributed by atoms with Crippen LogP contribution in [0.3, 0.4) is 0 Å². The predicted molar refractivity (Wildman–Crippen MR) is 65.7 cm³/mol. The summed E-state index contributed by atoms with van der Waals surface area (Å²) in [6.07, 6.45) is 2.33. The van der Waals surface area contributed by atoms with E-state index in [0.29, 0.717) is 26.4 Å². The van der Waals surface area contributed by atoms with Gasteiger partial charge in [-0.1, -0.05) is 29.3 Å². The molecule has 0 heterocycles. The quantitative estimate of drug-likeness (QED) is 0.430. The summed E-state index contributed by atoms with van der Waals surface area (Å²) < 4.78 is 15.6. The van der Waals surface area contributed by atoms with E-state index < -0.39 is 0 Å². The Kier molecular flexibility index (Phi) is 12.7. The normalized spacial score (nSPS) is 13.0. The van der Waals surface area contributed by atoms with E-state index in [0.717, 1.165) is 24.3 Å². The van der Waals surface area contributed by atoms with Gasteiger partial charge in [-0.25, -0.2) is 0 Å². The van der Waals surface area contributed by atoms with Crippen molar-refractivity contribution in [2.75, 3.05) is 45.5 Å². The van der Waals surface area contributed by atoms with Crippen LogP contribution in [0, 0.1) is 5.92 Å². The van der Waals surface area contributed by atoms with Crippen LogP contribution in [-0.2, 0) is 14.2 Å². The summed E-state index contributed by atoms with van der Waals surface area (Å²) in [6.45, 7) is 5.69. The van der Waals surface area contributed by atoms with Crippen LogP contribution in [0.25, 0.3) is 0 Å². The van der Waals surface area contributed by atoms with Crippen molar-refractivity contribution in [3.63, 3.8) is 0 Å². The Morgan fingerprint density at radius 1 is 1.00 bits per heavy atom. The first-order valence-electron chi connectivity index (χ1n) is 5.55. The summed E-state index contributed by atoms with van der Waals surface area (Å²) in [7, 11) is 1.67. The molecule has 4 heteroatoms. The molecular weight excluding hydrogens is 260 g/mol. The van der Waals surface area contributed by atoms with E-state index in [9.17, 15) is 0 Å². The number of rotatable bonds is 11. The van der Waals surface area contributed by atoms with Crippen molar-refractivity contribution in [2.24, 2.45) is 5.92 Å². The molecular formula is C11H23BrO3. The van der Waals surface area contributed by atoms with E-state index in [4.69, 9.17) is 14.2 Å². The summed E-state index contributed by atoms with van der Waals surface area (Å²) in [5.41, 5.74) is 0. The molecule has 0 aliphatic carbocycles. The van der Waals surface area contributed by atoms with Gasteiger partial charge in [-0.2, -0.15) is 0 Å². The maximum Gasteiger partial charge on any atom is 0.0701 e. The fourth-order valence-electron chi connectivity index (χ4n) is 1.10. The van der Waals surface area contributed by atoms with Gasteiger partial charge < -0.3 is 14.2 Å². The molecule has 0 aromatic heterocycles. The molecule has 3 nitrogen and oxygen atoms in total. The zero-order chi connectivity index (χ0) is 11.4. The molecule has 0 saturated heterocycles. The van der Waals surface area contributed by atoms with Crippen LogP contribution in [0.2, 0.25) is 0 Å². The lowest BCUT2D eigenvalue weighted by molar-refractivity contribution is 0.0222. The number of methoxy groups -OCH3 is 1. The minimum atomic E-state index is 0.652. The number of ether oxygens (including phenoxy) is 3. The third kappa shape index (κ3) is 10.6. The molecule has 0 radical (unpaired) electrons. The molecule has 1 atom stereocenters. The van der Waals surface area contributed by atoms with Crippen molar-refractivity contribution in [1.29, 1.82) is 0 Å². The summed E-state index contributed by atoms with van der Waals surface area (Å²) in [5, 5.41) is 1.07. The van der Waals surface area contributed by atoms with Gasteiger partial charge in [-0.15, -0.1) is 0 Å². The average molecular weight is 283 g/mol. The number of hydrogen-bond donors (Lipinski definition) is 0. The van der Waals surface area contributed by atoms with Gasteiger partial charge >= 0.3 is 0 Å². The van der Waals surface area contributed by atoms with E-state index in [1.165, 1.54) is 6.42 Å². The molecule has 0 saturated carbocycles. The Morgan fingerprint density at radius 2 is 1.60 bits per heavy atom. The van der Waals surface area contributed by atoms with Gasteiger partial charge in [-0.3, -0.25) is 0 Å². The molecule has 15 heavy (non-hydrogen) atoms. The van der Waals surface area contributed by atoms with E-state index in [1.54, 1.807) is 7.11 Å². The topological polar surface area (TPSA) is 27.7 Å². The standard InChI is InChI=1S/C11H23BrO3/c1-3-11(10-12)4-5-14-8-9-15-7-6-13-2/h11H,3-10H2,1-2H3. The highest BCUT2D eigenvalue weighted by molar-refractivity contribution is 9.09. The Bertz CT molecular complexity index is 118. The van der Waals surface area contributed by atoms with Crippen LogP contribution >= 0.6 is 15.9 Å². The van der Waals surface area contributed by atoms with Gasteiger partial charge in [-0.05, 0) is 12.3 Å². The fourth-order valence-corrected chi connectivity index (χ4v) is 1.89. The van der Waals surface area contributed by atoms with Gasteiger partial charge in [0.1, 0.15) is 0 Å². The second-order valence-electron chi connectivity index (χ2n) is 3.43. The van der Waals surface area contributed by atoms with E-state index in [2.05, 4.69) is 22.9 Å². The highest BCUT2D eigenvalue weighted by Gasteiger charge is 2.03. The Morgan fingerprint density at radius 3 is 2.13 bits per heavy atom.